The molecule has 2 aliphatic heterocycles. The van der Waals surface area contributed by atoms with Gasteiger partial charge < -0.3 is 14.4 Å². The van der Waals surface area contributed by atoms with E-state index in [2.05, 4.69) is 22.0 Å². The van der Waals surface area contributed by atoms with Crippen molar-refractivity contribution in [3.63, 3.8) is 0 Å². The smallest absolute Gasteiger partial charge is 0.257 e. The zero-order valence-electron chi connectivity index (χ0n) is 19.4. The number of benzene rings is 1. The van der Waals surface area contributed by atoms with Crippen LogP contribution < -0.4 is 4.74 Å². The van der Waals surface area contributed by atoms with Crippen LogP contribution in [0.25, 0.3) is 0 Å². The lowest BCUT2D eigenvalue weighted by atomic mass is 9.96. The number of carbonyl (C=O) groups is 1. The van der Waals surface area contributed by atoms with Crippen LogP contribution in [0, 0.1) is 6.92 Å². The van der Waals surface area contributed by atoms with Gasteiger partial charge in [0.1, 0.15) is 11.6 Å². The fraction of sp³-hybridized carbons (Fsp3) is 0.560. The molecule has 172 valence electrons. The van der Waals surface area contributed by atoms with Gasteiger partial charge in [-0.25, -0.2) is 9.97 Å². The van der Waals surface area contributed by atoms with E-state index in [1.54, 1.807) is 6.20 Å². The molecule has 0 unspecified atom stereocenters. The molecule has 0 spiro atoms. The Balaban J connectivity index is 1.38. The van der Waals surface area contributed by atoms with Crippen molar-refractivity contribution >= 4 is 5.91 Å². The van der Waals surface area contributed by atoms with Gasteiger partial charge >= 0.3 is 0 Å². The molecule has 1 amide bonds. The Kier molecular flexibility index (Phi) is 7.37. The van der Waals surface area contributed by atoms with Gasteiger partial charge in [0.15, 0.2) is 0 Å². The highest BCUT2D eigenvalue weighted by molar-refractivity contribution is 5.95. The van der Waals surface area contributed by atoms with Crippen LogP contribution in [0.3, 0.4) is 0 Å². The van der Waals surface area contributed by atoms with Crippen LogP contribution in [-0.4, -0.2) is 71.2 Å². The van der Waals surface area contributed by atoms with E-state index >= 15 is 0 Å². The van der Waals surface area contributed by atoms with Crippen LogP contribution >= 0.6 is 0 Å². The molecule has 2 aliphatic rings. The third kappa shape index (κ3) is 5.64. The maximum atomic E-state index is 12.8. The molecule has 2 aromatic rings. The number of morpholine rings is 1. The number of rotatable bonds is 6. The standard InChI is InChI=1S/C25H34N4O3/c1-18(2)32-22-8-6-20(7-9-22)16-28-10-4-5-21(17-28)24-26-15-23(19(3)27-24)25(30)29-11-13-31-14-12-29/h6-9,15,18,21H,4-5,10-14,16-17H2,1-3H3/t21-/m1/s1. The Bertz CT molecular complexity index is 910. The van der Waals surface area contributed by atoms with Crippen LogP contribution in [0.5, 0.6) is 5.75 Å². The van der Waals surface area contributed by atoms with Gasteiger partial charge in [0.2, 0.25) is 0 Å². The fourth-order valence-corrected chi connectivity index (χ4v) is 4.44. The monoisotopic (exact) mass is 438 g/mol. The van der Waals surface area contributed by atoms with Gasteiger partial charge in [-0.2, -0.15) is 0 Å². The maximum Gasteiger partial charge on any atom is 0.257 e. The molecule has 0 aliphatic carbocycles. The molecule has 3 heterocycles. The van der Waals surface area contributed by atoms with Crippen molar-refractivity contribution in [2.24, 2.45) is 0 Å². The highest BCUT2D eigenvalue weighted by Gasteiger charge is 2.26. The molecule has 2 fully saturated rings. The summed E-state index contributed by atoms with van der Waals surface area (Å²) in [7, 11) is 0. The minimum atomic E-state index is 0.00696. The normalized spacial score (nSPS) is 19.9. The molecule has 7 nitrogen and oxygen atoms in total. The third-order valence-corrected chi connectivity index (χ3v) is 6.10. The number of nitrogens with zero attached hydrogens (tertiary/aromatic N) is 4. The topological polar surface area (TPSA) is 67.8 Å². The van der Waals surface area contributed by atoms with Crippen LogP contribution in [0.4, 0.5) is 0 Å². The molecule has 0 N–H and O–H groups in total. The van der Waals surface area contributed by atoms with Gasteiger partial charge in [-0.05, 0) is 57.9 Å². The van der Waals surface area contributed by atoms with Crippen molar-refractivity contribution < 1.29 is 14.3 Å². The van der Waals surface area contributed by atoms with E-state index < -0.39 is 0 Å². The average Bonchev–Trinajstić information content (AvgIpc) is 2.80. The summed E-state index contributed by atoms with van der Waals surface area (Å²) in [6, 6.07) is 8.39. The first-order chi connectivity index (χ1) is 15.5. The fourth-order valence-electron chi connectivity index (χ4n) is 4.44. The highest BCUT2D eigenvalue weighted by atomic mass is 16.5. The number of piperidine rings is 1. The number of aromatic nitrogens is 2. The average molecular weight is 439 g/mol. The van der Waals surface area contributed by atoms with Crippen LogP contribution in [0.1, 0.15) is 60.0 Å². The summed E-state index contributed by atoms with van der Waals surface area (Å²) in [5.74, 6) is 2.06. The van der Waals surface area contributed by atoms with E-state index in [0.717, 1.165) is 49.7 Å². The minimum Gasteiger partial charge on any atom is -0.491 e. The molecule has 0 saturated carbocycles. The van der Waals surface area contributed by atoms with E-state index in [9.17, 15) is 4.79 Å². The summed E-state index contributed by atoms with van der Waals surface area (Å²) >= 11 is 0. The molecular formula is C25H34N4O3. The molecule has 0 radical (unpaired) electrons. The molecule has 4 rings (SSSR count). The summed E-state index contributed by atoms with van der Waals surface area (Å²) < 4.78 is 11.1. The second-order valence-corrected chi connectivity index (χ2v) is 9.02. The second-order valence-electron chi connectivity index (χ2n) is 9.02. The molecular weight excluding hydrogens is 404 g/mol. The zero-order valence-corrected chi connectivity index (χ0v) is 19.4. The summed E-state index contributed by atoms with van der Waals surface area (Å²) in [5, 5.41) is 0. The molecule has 32 heavy (non-hydrogen) atoms. The van der Waals surface area contributed by atoms with Crippen LogP contribution in [0.15, 0.2) is 30.5 Å². The first kappa shape index (κ1) is 22.7. The van der Waals surface area contributed by atoms with Gasteiger partial charge in [-0.3, -0.25) is 9.69 Å². The van der Waals surface area contributed by atoms with E-state index in [4.69, 9.17) is 14.5 Å². The number of amides is 1. The van der Waals surface area contributed by atoms with Crippen molar-refractivity contribution in [1.29, 1.82) is 0 Å². The summed E-state index contributed by atoms with van der Waals surface area (Å²) in [6.45, 7) is 11.3. The van der Waals surface area contributed by atoms with E-state index in [1.807, 2.05) is 37.8 Å². The van der Waals surface area contributed by atoms with Gasteiger partial charge in [0.25, 0.3) is 5.91 Å². The van der Waals surface area contributed by atoms with Gasteiger partial charge in [-0.15, -0.1) is 0 Å². The number of hydrogen-bond donors (Lipinski definition) is 0. The maximum absolute atomic E-state index is 12.8. The Morgan fingerprint density at radius 2 is 1.94 bits per heavy atom. The number of ether oxygens (including phenoxy) is 2. The molecule has 2 saturated heterocycles. The molecule has 1 aromatic carbocycles. The first-order valence-electron chi connectivity index (χ1n) is 11.7. The Morgan fingerprint density at radius 1 is 1.19 bits per heavy atom. The third-order valence-electron chi connectivity index (χ3n) is 6.10. The summed E-state index contributed by atoms with van der Waals surface area (Å²) in [6.07, 6.45) is 4.11. The largest absolute Gasteiger partial charge is 0.491 e. The van der Waals surface area contributed by atoms with Crippen LogP contribution in [-0.2, 0) is 11.3 Å². The highest BCUT2D eigenvalue weighted by Crippen LogP contribution is 2.26. The molecule has 7 heteroatoms. The van der Waals surface area contributed by atoms with Crippen molar-refractivity contribution in [2.75, 3.05) is 39.4 Å². The Labute approximate surface area is 190 Å². The lowest BCUT2D eigenvalue weighted by Gasteiger charge is -2.32. The van der Waals surface area contributed by atoms with Gasteiger partial charge in [-0.1, -0.05) is 12.1 Å². The number of hydrogen-bond acceptors (Lipinski definition) is 6. The molecule has 0 bridgehead atoms. The van der Waals surface area contributed by atoms with Crippen molar-refractivity contribution in [2.45, 2.75) is 52.2 Å². The lowest BCUT2D eigenvalue weighted by Crippen LogP contribution is -2.41. The number of likely N-dealkylation sites (tertiary alicyclic amines) is 1. The van der Waals surface area contributed by atoms with E-state index in [0.29, 0.717) is 37.8 Å². The molecule has 1 aromatic heterocycles. The van der Waals surface area contributed by atoms with E-state index in [1.165, 1.54) is 5.56 Å². The quantitative estimate of drug-likeness (QED) is 0.688. The van der Waals surface area contributed by atoms with Crippen LogP contribution in [0.2, 0.25) is 0 Å². The minimum absolute atomic E-state index is 0.00696. The van der Waals surface area contributed by atoms with Crippen molar-refractivity contribution in [3.8, 4) is 5.75 Å². The summed E-state index contributed by atoms with van der Waals surface area (Å²) in [4.78, 5) is 26.5. The lowest BCUT2D eigenvalue weighted by molar-refractivity contribution is 0.0301. The first-order valence-corrected chi connectivity index (χ1v) is 11.7. The SMILES string of the molecule is Cc1nc([C@@H]2CCCN(Cc3ccc(OC(C)C)cc3)C2)ncc1C(=O)N1CCOCC1. The predicted molar refractivity (Wildman–Crippen MR) is 123 cm³/mol. The summed E-state index contributed by atoms with van der Waals surface area (Å²) in [5.41, 5.74) is 2.65. The Morgan fingerprint density at radius 3 is 2.62 bits per heavy atom. The zero-order chi connectivity index (χ0) is 22.5. The second kappa shape index (κ2) is 10.4. The van der Waals surface area contributed by atoms with E-state index in [-0.39, 0.29) is 12.0 Å². The van der Waals surface area contributed by atoms with Gasteiger partial charge in [0, 0.05) is 38.3 Å². The number of carbonyl (C=O) groups excluding carboxylic acids is 1. The van der Waals surface area contributed by atoms with Crippen molar-refractivity contribution in [3.05, 3.63) is 53.1 Å². The van der Waals surface area contributed by atoms with Gasteiger partial charge in [0.05, 0.1) is 30.6 Å². The van der Waals surface area contributed by atoms with Crippen molar-refractivity contribution in [1.82, 2.24) is 19.8 Å². The predicted octanol–water partition coefficient (Wildman–Crippen LogP) is 3.42. The number of aryl methyl sites for hydroxylation is 1. The Hall–Kier alpha value is -2.51. The molecule has 1 atom stereocenters.